The summed E-state index contributed by atoms with van der Waals surface area (Å²) in [4.78, 5) is 5.83. The van der Waals surface area contributed by atoms with Crippen molar-refractivity contribution in [2.24, 2.45) is 5.73 Å². The standard InChI is InChI=1S/C15H20N2S/c1-8-6-10(3)13(7-9(8)2)14(16)15-17-11(4)12(5)18-15/h6-7,14H,16H2,1-5H3. The minimum atomic E-state index is -0.110. The van der Waals surface area contributed by atoms with E-state index in [1.54, 1.807) is 11.3 Å². The average Bonchev–Trinajstić information content (AvgIpc) is 2.63. The normalized spacial score (nSPS) is 12.8. The van der Waals surface area contributed by atoms with Crippen LogP contribution in [0.2, 0.25) is 0 Å². The molecule has 0 saturated carbocycles. The van der Waals surface area contributed by atoms with Crippen LogP contribution >= 0.6 is 11.3 Å². The Balaban J connectivity index is 2.45. The van der Waals surface area contributed by atoms with Crippen LogP contribution < -0.4 is 5.73 Å². The first-order valence-corrected chi connectivity index (χ1v) is 6.99. The van der Waals surface area contributed by atoms with Gasteiger partial charge in [0.25, 0.3) is 0 Å². The fourth-order valence-corrected chi connectivity index (χ4v) is 3.03. The lowest BCUT2D eigenvalue weighted by atomic mass is 9.96. The zero-order valence-corrected chi connectivity index (χ0v) is 12.5. The van der Waals surface area contributed by atoms with Crippen LogP contribution in [0.1, 0.15) is 43.9 Å². The molecule has 1 aromatic heterocycles. The van der Waals surface area contributed by atoms with Gasteiger partial charge in [-0.1, -0.05) is 12.1 Å². The van der Waals surface area contributed by atoms with E-state index < -0.39 is 0 Å². The van der Waals surface area contributed by atoms with Crippen LogP contribution in [0.3, 0.4) is 0 Å². The van der Waals surface area contributed by atoms with E-state index in [-0.39, 0.29) is 6.04 Å². The molecule has 2 nitrogen and oxygen atoms in total. The Kier molecular flexibility index (Phi) is 3.55. The second-order valence-electron chi connectivity index (χ2n) is 4.96. The lowest BCUT2D eigenvalue weighted by molar-refractivity contribution is 0.841. The molecule has 0 saturated heterocycles. The average molecular weight is 260 g/mol. The van der Waals surface area contributed by atoms with E-state index >= 15 is 0 Å². The first-order chi connectivity index (χ1) is 8.40. The van der Waals surface area contributed by atoms with Gasteiger partial charge in [0.15, 0.2) is 0 Å². The van der Waals surface area contributed by atoms with Crippen molar-refractivity contribution < 1.29 is 0 Å². The van der Waals surface area contributed by atoms with Crippen LogP contribution in [-0.2, 0) is 0 Å². The van der Waals surface area contributed by atoms with E-state index in [0.717, 1.165) is 10.7 Å². The maximum absolute atomic E-state index is 6.37. The number of thiazole rings is 1. The Morgan fingerprint density at radius 2 is 1.61 bits per heavy atom. The highest BCUT2D eigenvalue weighted by Crippen LogP contribution is 2.29. The maximum atomic E-state index is 6.37. The van der Waals surface area contributed by atoms with Crippen molar-refractivity contribution in [3.8, 4) is 0 Å². The second-order valence-corrected chi connectivity index (χ2v) is 6.20. The molecule has 1 heterocycles. The van der Waals surface area contributed by atoms with E-state index in [1.165, 1.54) is 27.1 Å². The van der Waals surface area contributed by atoms with Gasteiger partial charge in [0.2, 0.25) is 0 Å². The smallest absolute Gasteiger partial charge is 0.114 e. The molecule has 0 fully saturated rings. The van der Waals surface area contributed by atoms with Gasteiger partial charge >= 0.3 is 0 Å². The zero-order chi connectivity index (χ0) is 13.4. The molecule has 0 aliphatic rings. The molecule has 1 unspecified atom stereocenters. The molecule has 0 amide bonds. The maximum Gasteiger partial charge on any atom is 0.114 e. The minimum Gasteiger partial charge on any atom is -0.318 e. The number of aromatic nitrogens is 1. The monoisotopic (exact) mass is 260 g/mol. The van der Waals surface area contributed by atoms with Gasteiger partial charge in [-0.05, 0) is 56.9 Å². The summed E-state index contributed by atoms with van der Waals surface area (Å²) in [5, 5.41) is 1.01. The van der Waals surface area contributed by atoms with Crippen molar-refractivity contribution in [2.45, 2.75) is 40.7 Å². The van der Waals surface area contributed by atoms with Gasteiger partial charge in [0.1, 0.15) is 5.01 Å². The molecule has 0 aliphatic carbocycles. The number of nitrogens with zero attached hydrogens (tertiary/aromatic N) is 1. The second kappa shape index (κ2) is 4.82. The van der Waals surface area contributed by atoms with Gasteiger partial charge in [0.05, 0.1) is 11.7 Å². The molecule has 2 rings (SSSR count). The molecule has 18 heavy (non-hydrogen) atoms. The van der Waals surface area contributed by atoms with E-state index in [1.807, 2.05) is 6.92 Å². The third kappa shape index (κ3) is 2.33. The van der Waals surface area contributed by atoms with Crippen LogP contribution in [0.25, 0.3) is 0 Å². The largest absolute Gasteiger partial charge is 0.318 e. The topological polar surface area (TPSA) is 38.9 Å². The van der Waals surface area contributed by atoms with Crippen LogP contribution in [0.15, 0.2) is 12.1 Å². The molecule has 96 valence electrons. The fraction of sp³-hybridized carbons (Fsp3) is 0.400. The highest BCUT2D eigenvalue weighted by molar-refractivity contribution is 7.11. The molecule has 0 spiro atoms. The summed E-state index contributed by atoms with van der Waals surface area (Å²) in [6.45, 7) is 10.5. The molecule has 0 bridgehead atoms. The molecule has 0 radical (unpaired) electrons. The van der Waals surface area contributed by atoms with Crippen LogP contribution in [0.4, 0.5) is 0 Å². The number of aryl methyl sites for hydroxylation is 5. The Hall–Kier alpha value is -1.19. The van der Waals surface area contributed by atoms with E-state index in [0.29, 0.717) is 0 Å². The zero-order valence-electron chi connectivity index (χ0n) is 11.7. The predicted molar refractivity (Wildman–Crippen MR) is 78.3 cm³/mol. The molecule has 2 aromatic rings. The Labute approximate surface area is 113 Å². The third-order valence-corrected chi connectivity index (χ3v) is 4.68. The first kappa shape index (κ1) is 13.2. The molecular weight excluding hydrogens is 240 g/mol. The minimum absolute atomic E-state index is 0.110. The van der Waals surface area contributed by atoms with E-state index in [2.05, 4.69) is 44.8 Å². The number of rotatable bonds is 2. The van der Waals surface area contributed by atoms with Gasteiger partial charge in [-0.3, -0.25) is 0 Å². The lowest BCUT2D eigenvalue weighted by Gasteiger charge is -2.14. The summed E-state index contributed by atoms with van der Waals surface area (Å²) in [6.07, 6.45) is 0. The quantitative estimate of drug-likeness (QED) is 0.893. The summed E-state index contributed by atoms with van der Waals surface area (Å²) in [6, 6.07) is 4.29. The predicted octanol–water partition coefficient (Wildman–Crippen LogP) is 3.73. The van der Waals surface area contributed by atoms with Crippen molar-refractivity contribution in [3.63, 3.8) is 0 Å². The summed E-state index contributed by atoms with van der Waals surface area (Å²) >= 11 is 1.70. The highest BCUT2D eigenvalue weighted by atomic mass is 32.1. The van der Waals surface area contributed by atoms with Gasteiger partial charge in [-0.15, -0.1) is 11.3 Å². The summed E-state index contributed by atoms with van der Waals surface area (Å²) in [5.74, 6) is 0. The van der Waals surface area contributed by atoms with Crippen molar-refractivity contribution >= 4 is 11.3 Å². The van der Waals surface area contributed by atoms with Crippen LogP contribution in [0.5, 0.6) is 0 Å². The first-order valence-electron chi connectivity index (χ1n) is 6.17. The third-order valence-electron chi connectivity index (χ3n) is 3.53. The summed E-state index contributed by atoms with van der Waals surface area (Å²) < 4.78 is 0. The van der Waals surface area contributed by atoms with Gasteiger partial charge in [-0.25, -0.2) is 4.98 Å². The summed E-state index contributed by atoms with van der Waals surface area (Å²) in [7, 11) is 0. The molecule has 3 heteroatoms. The van der Waals surface area contributed by atoms with Crippen molar-refractivity contribution in [2.75, 3.05) is 0 Å². The number of hydrogen-bond acceptors (Lipinski definition) is 3. The molecule has 1 aromatic carbocycles. The Morgan fingerprint density at radius 1 is 1.00 bits per heavy atom. The molecular formula is C15H20N2S. The molecule has 0 aliphatic heterocycles. The summed E-state index contributed by atoms with van der Waals surface area (Å²) in [5.41, 5.74) is 12.5. The Morgan fingerprint density at radius 3 is 2.17 bits per heavy atom. The van der Waals surface area contributed by atoms with Crippen molar-refractivity contribution in [1.82, 2.24) is 4.98 Å². The van der Waals surface area contributed by atoms with E-state index in [9.17, 15) is 0 Å². The van der Waals surface area contributed by atoms with Crippen molar-refractivity contribution in [3.05, 3.63) is 50.0 Å². The van der Waals surface area contributed by atoms with Crippen LogP contribution in [0, 0.1) is 34.6 Å². The number of benzene rings is 1. The molecule has 1 atom stereocenters. The van der Waals surface area contributed by atoms with Crippen molar-refractivity contribution in [1.29, 1.82) is 0 Å². The lowest BCUT2D eigenvalue weighted by Crippen LogP contribution is -2.13. The van der Waals surface area contributed by atoms with E-state index in [4.69, 9.17) is 5.73 Å². The number of hydrogen-bond donors (Lipinski definition) is 1. The fourth-order valence-electron chi connectivity index (χ4n) is 2.08. The SMILES string of the molecule is Cc1cc(C)c(C(N)c2nc(C)c(C)s2)cc1C. The van der Waals surface area contributed by atoms with Crippen LogP contribution in [-0.4, -0.2) is 4.98 Å². The molecule has 2 N–H and O–H groups in total. The van der Waals surface area contributed by atoms with Gasteiger partial charge in [-0.2, -0.15) is 0 Å². The Bertz CT molecular complexity index is 565. The number of nitrogens with two attached hydrogens (primary N) is 1. The highest BCUT2D eigenvalue weighted by Gasteiger charge is 2.17. The van der Waals surface area contributed by atoms with Gasteiger partial charge < -0.3 is 5.73 Å². The van der Waals surface area contributed by atoms with Gasteiger partial charge in [0, 0.05) is 4.88 Å².